The highest BCUT2D eigenvalue weighted by Crippen LogP contribution is 2.17. The molecule has 9 heteroatoms. The number of rotatable bonds is 13. The Morgan fingerprint density at radius 1 is 1.31 bits per heavy atom. The SMILES string of the molecule is CC(C)CCOC(C)(C)CCn1cc(CNC(=O)CCCC#Cc2cnc(=S)[nH]c2)nn1.CCCC. The van der Waals surface area contributed by atoms with Gasteiger partial charge in [-0.25, -0.2) is 4.98 Å². The standard InChI is InChI=1S/C23H34N6O2S.C4H10/c1-18(2)10-13-31-23(3,4)11-12-29-17-20(27-28-29)16-24-21(30)9-7-5-6-8-19-14-25-22(32)26-15-19;1-3-4-2/h14-15,17-18H,5,7,9-13,16H2,1-4H3,(H,24,30)(H,25,26,32);3-4H2,1-2H3. The minimum absolute atomic E-state index is 0.0218. The van der Waals surface area contributed by atoms with E-state index in [1.54, 1.807) is 17.1 Å². The molecule has 0 saturated carbocycles. The van der Waals surface area contributed by atoms with Gasteiger partial charge >= 0.3 is 0 Å². The number of hydrogen-bond acceptors (Lipinski definition) is 6. The van der Waals surface area contributed by atoms with Crippen LogP contribution in [0, 0.1) is 22.5 Å². The summed E-state index contributed by atoms with van der Waals surface area (Å²) in [6, 6.07) is 0. The molecule has 0 aliphatic carbocycles. The number of carbonyl (C=O) groups excluding carboxylic acids is 1. The van der Waals surface area contributed by atoms with Crippen molar-refractivity contribution in [2.45, 2.75) is 105 Å². The van der Waals surface area contributed by atoms with Gasteiger partial charge in [-0.1, -0.05) is 57.6 Å². The van der Waals surface area contributed by atoms with Crippen molar-refractivity contribution in [1.82, 2.24) is 30.3 Å². The second kappa shape index (κ2) is 17.8. The predicted octanol–water partition coefficient (Wildman–Crippen LogP) is 5.61. The normalized spacial score (nSPS) is 10.9. The average molecular weight is 517 g/mol. The van der Waals surface area contributed by atoms with Gasteiger partial charge in [0.2, 0.25) is 5.91 Å². The van der Waals surface area contributed by atoms with Gasteiger partial charge in [-0.15, -0.1) is 5.10 Å². The Hall–Kier alpha value is -2.57. The van der Waals surface area contributed by atoms with Gasteiger partial charge in [-0.3, -0.25) is 9.48 Å². The number of amides is 1. The molecular weight excluding hydrogens is 472 g/mol. The summed E-state index contributed by atoms with van der Waals surface area (Å²) in [6.07, 6.45) is 11.5. The molecule has 0 bridgehead atoms. The lowest BCUT2D eigenvalue weighted by atomic mass is 10.0. The zero-order valence-corrected chi connectivity index (χ0v) is 23.7. The largest absolute Gasteiger partial charge is 0.375 e. The number of nitrogens with zero attached hydrogens (tertiary/aromatic N) is 4. The molecule has 0 aliphatic rings. The van der Waals surface area contributed by atoms with Crippen LogP contribution < -0.4 is 5.32 Å². The molecule has 200 valence electrons. The molecule has 0 unspecified atom stereocenters. The van der Waals surface area contributed by atoms with Crippen LogP contribution in [0.4, 0.5) is 0 Å². The van der Waals surface area contributed by atoms with Gasteiger partial charge in [0, 0.05) is 38.4 Å². The number of aromatic nitrogens is 5. The van der Waals surface area contributed by atoms with E-state index < -0.39 is 0 Å². The number of aromatic amines is 1. The first-order valence-corrected chi connectivity index (χ1v) is 13.4. The summed E-state index contributed by atoms with van der Waals surface area (Å²) in [5, 5.41) is 11.2. The van der Waals surface area contributed by atoms with Crippen LogP contribution in [-0.4, -0.2) is 43.1 Å². The van der Waals surface area contributed by atoms with Crippen molar-refractivity contribution in [2.24, 2.45) is 5.92 Å². The van der Waals surface area contributed by atoms with E-state index in [0.717, 1.165) is 37.3 Å². The first-order valence-electron chi connectivity index (χ1n) is 13.0. The van der Waals surface area contributed by atoms with Crippen LogP contribution in [-0.2, 0) is 22.6 Å². The Morgan fingerprint density at radius 3 is 2.69 bits per heavy atom. The molecule has 2 rings (SSSR count). The number of nitrogens with one attached hydrogen (secondary N) is 2. The highest BCUT2D eigenvalue weighted by molar-refractivity contribution is 7.71. The summed E-state index contributed by atoms with van der Waals surface area (Å²) in [7, 11) is 0. The van der Waals surface area contributed by atoms with Gasteiger partial charge in [0.05, 0.1) is 23.9 Å². The third-order valence-electron chi connectivity index (χ3n) is 5.29. The zero-order valence-electron chi connectivity index (χ0n) is 22.9. The maximum Gasteiger partial charge on any atom is 0.220 e. The molecule has 36 heavy (non-hydrogen) atoms. The van der Waals surface area contributed by atoms with Crippen molar-refractivity contribution < 1.29 is 9.53 Å². The number of H-pyrrole nitrogens is 1. The summed E-state index contributed by atoms with van der Waals surface area (Å²) >= 11 is 4.89. The topological polar surface area (TPSA) is 97.7 Å². The first kappa shape index (κ1) is 31.5. The summed E-state index contributed by atoms with van der Waals surface area (Å²) < 4.78 is 8.23. The van der Waals surface area contributed by atoms with E-state index in [4.69, 9.17) is 17.0 Å². The lowest BCUT2D eigenvalue weighted by molar-refractivity contribution is -0.121. The van der Waals surface area contributed by atoms with E-state index in [1.807, 2.05) is 6.20 Å². The molecule has 0 radical (unpaired) electrons. The van der Waals surface area contributed by atoms with Gasteiger partial charge in [0.1, 0.15) is 5.69 Å². The van der Waals surface area contributed by atoms with Gasteiger partial charge < -0.3 is 15.0 Å². The zero-order chi connectivity index (χ0) is 26.8. The van der Waals surface area contributed by atoms with Crippen molar-refractivity contribution >= 4 is 18.1 Å². The summed E-state index contributed by atoms with van der Waals surface area (Å²) in [5.41, 5.74) is 1.31. The maximum atomic E-state index is 12.0. The third kappa shape index (κ3) is 15.4. The Balaban J connectivity index is 0.00000150. The molecule has 2 N–H and O–H groups in total. The van der Waals surface area contributed by atoms with Crippen LogP contribution >= 0.6 is 12.2 Å². The predicted molar refractivity (Wildman–Crippen MR) is 147 cm³/mol. The molecule has 1 amide bonds. The lowest BCUT2D eigenvalue weighted by Gasteiger charge is -2.25. The molecule has 2 aromatic rings. The number of hydrogen-bond donors (Lipinski definition) is 2. The number of carbonyl (C=O) groups is 1. The fourth-order valence-electron chi connectivity index (χ4n) is 2.75. The Morgan fingerprint density at radius 2 is 2.06 bits per heavy atom. The van der Waals surface area contributed by atoms with Crippen molar-refractivity contribution in [3.63, 3.8) is 0 Å². The maximum absolute atomic E-state index is 12.0. The highest BCUT2D eigenvalue weighted by atomic mass is 32.1. The fraction of sp³-hybridized carbons (Fsp3) is 0.667. The average Bonchev–Trinajstić information content (AvgIpc) is 3.30. The fourth-order valence-corrected chi connectivity index (χ4v) is 2.86. The van der Waals surface area contributed by atoms with E-state index in [2.05, 4.69) is 79.0 Å². The lowest BCUT2D eigenvalue weighted by Crippen LogP contribution is -2.27. The van der Waals surface area contributed by atoms with E-state index in [1.165, 1.54) is 12.8 Å². The van der Waals surface area contributed by atoms with E-state index in [-0.39, 0.29) is 11.5 Å². The number of unbranched alkanes of at least 4 members (excludes halogenated alkanes) is 2. The second-order valence-corrected chi connectivity index (χ2v) is 10.1. The molecule has 0 aliphatic heterocycles. The van der Waals surface area contributed by atoms with Crippen LogP contribution in [0.2, 0.25) is 0 Å². The summed E-state index contributed by atoms with van der Waals surface area (Å²) in [6.45, 7) is 14.8. The van der Waals surface area contributed by atoms with Crippen LogP contribution in [0.5, 0.6) is 0 Å². The van der Waals surface area contributed by atoms with E-state index in [0.29, 0.717) is 36.5 Å². The molecule has 0 spiro atoms. The molecule has 0 atom stereocenters. The van der Waals surface area contributed by atoms with Crippen molar-refractivity contribution in [3.8, 4) is 11.8 Å². The number of aryl methyl sites for hydroxylation is 1. The molecule has 0 fully saturated rings. The van der Waals surface area contributed by atoms with Crippen molar-refractivity contribution in [3.05, 3.63) is 34.6 Å². The van der Waals surface area contributed by atoms with Gasteiger partial charge in [0.15, 0.2) is 4.77 Å². The summed E-state index contributed by atoms with van der Waals surface area (Å²) in [4.78, 5) is 18.9. The Kier molecular flexibility index (Phi) is 15.6. The molecule has 8 nitrogen and oxygen atoms in total. The third-order valence-corrected chi connectivity index (χ3v) is 5.52. The quantitative estimate of drug-likeness (QED) is 0.204. The molecule has 0 aromatic carbocycles. The second-order valence-electron chi connectivity index (χ2n) is 9.75. The van der Waals surface area contributed by atoms with E-state index in [9.17, 15) is 4.79 Å². The molecular formula is C27H44N6O2S. The van der Waals surface area contributed by atoms with Gasteiger partial charge in [-0.2, -0.15) is 0 Å². The number of ether oxygens (including phenoxy) is 1. The smallest absolute Gasteiger partial charge is 0.220 e. The first-order chi connectivity index (χ1) is 17.1. The minimum Gasteiger partial charge on any atom is -0.375 e. The van der Waals surface area contributed by atoms with Crippen molar-refractivity contribution in [1.29, 1.82) is 0 Å². The Labute approximate surface area is 222 Å². The summed E-state index contributed by atoms with van der Waals surface area (Å²) in [5.74, 6) is 6.65. The molecule has 0 saturated heterocycles. The van der Waals surface area contributed by atoms with E-state index >= 15 is 0 Å². The monoisotopic (exact) mass is 516 g/mol. The minimum atomic E-state index is -0.207. The van der Waals surface area contributed by atoms with Crippen LogP contribution in [0.25, 0.3) is 0 Å². The molecule has 2 aromatic heterocycles. The van der Waals surface area contributed by atoms with Crippen LogP contribution in [0.15, 0.2) is 18.6 Å². The van der Waals surface area contributed by atoms with Crippen LogP contribution in [0.1, 0.15) is 97.7 Å². The van der Waals surface area contributed by atoms with Crippen LogP contribution in [0.3, 0.4) is 0 Å². The molecule has 2 heterocycles. The van der Waals surface area contributed by atoms with Crippen molar-refractivity contribution in [2.75, 3.05) is 6.61 Å². The highest BCUT2D eigenvalue weighted by Gasteiger charge is 2.18. The van der Waals surface area contributed by atoms with Gasteiger partial charge in [-0.05, 0) is 51.2 Å². The Bertz CT molecular complexity index is 981. The van der Waals surface area contributed by atoms with Gasteiger partial charge in [0.25, 0.3) is 0 Å².